The van der Waals surface area contributed by atoms with E-state index in [1.165, 1.54) is 12.5 Å². The molecule has 1 atom stereocenters. The van der Waals surface area contributed by atoms with Gasteiger partial charge in [-0.2, -0.15) is 0 Å². The Morgan fingerprint density at radius 3 is 2.47 bits per heavy atom. The van der Waals surface area contributed by atoms with Crippen molar-refractivity contribution in [1.29, 1.82) is 0 Å². The summed E-state index contributed by atoms with van der Waals surface area (Å²) in [5.41, 5.74) is 4.65. The summed E-state index contributed by atoms with van der Waals surface area (Å²) in [6.45, 7) is 6.31. The number of nitrogens with one attached hydrogen (secondary N) is 1. The van der Waals surface area contributed by atoms with Crippen molar-refractivity contribution in [2.75, 3.05) is 0 Å². The Balaban J connectivity index is 2.65. The van der Waals surface area contributed by atoms with Crippen molar-refractivity contribution in [3.05, 3.63) is 35.1 Å². The second-order valence-electron chi connectivity index (χ2n) is 5.11. The minimum atomic E-state index is -0.191. The van der Waals surface area contributed by atoms with Gasteiger partial charge in [0.25, 0.3) is 0 Å². The van der Waals surface area contributed by atoms with Gasteiger partial charge in [0.2, 0.25) is 0 Å². The monoisotopic (exact) mass is 238 g/mol. The van der Waals surface area contributed by atoms with Crippen LogP contribution in [0.1, 0.15) is 50.3 Å². The number of nitrogens with two attached hydrogens (primary N) is 1. The standard InChI is InChI=1S/C14H23FN2/c1-10(2)5-4-6-14(17-16)12-7-11(3)8-13(15)9-12/h7-10,14,17H,4-6,16H2,1-3H3. The average molecular weight is 238 g/mol. The molecule has 3 heteroatoms. The van der Waals surface area contributed by atoms with Gasteiger partial charge >= 0.3 is 0 Å². The zero-order chi connectivity index (χ0) is 12.8. The Bertz CT molecular complexity index is 330. The fourth-order valence-corrected chi connectivity index (χ4v) is 2.04. The van der Waals surface area contributed by atoms with E-state index in [0.717, 1.165) is 24.0 Å². The minimum absolute atomic E-state index is 0.0446. The van der Waals surface area contributed by atoms with Crippen molar-refractivity contribution in [1.82, 2.24) is 5.43 Å². The largest absolute Gasteiger partial charge is 0.271 e. The van der Waals surface area contributed by atoms with Crippen LogP contribution < -0.4 is 11.3 Å². The summed E-state index contributed by atoms with van der Waals surface area (Å²) in [5.74, 6) is 6.06. The van der Waals surface area contributed by atoms with Gasteiger partial charge in [-0.25, -0.2) is 4.39 Å². The number of hydrazine groups is 1. The zero-order valence-electron chi connectivity index (χ0n) is 11.0. The highest BCUT2D eigenvalue weighted by Crippen LogP contribution is 2.22. The van der Waals surface area contributed by atoms with E-state index in [-0.39, 0.29) is 11.9 Å². The van der Waals surface area contributed by atoms with Gasteiger partial charge in [0.15, 0.2) is 0 Å². The van der Waals surface area contributed by atoms with Gasteiger partial charge in [0.05, 0.1) is 0 Å². The summed E-state index contributed by atoms with van der Waals surface area (Å²) in [6.07, 6.45) is 3.21. The highest BCUT2D eigenvalue weighted by molar-refractivity contribution is 5.26. The lowest BCUT2D eigenvalue weighted by Crippen LogP contribution is -2.28. The third-order valence-electron chi connectivity index (χ3n) is 2.94. The molecule has 0 spiro atoms. The first-order valence-electron chi connectivity index (χ1n) is 6.26. The molecule has 1 aromatic rings. The van der Waals surface area contributed by atoms with Crippen LogP contribution in [0.25, 0.3) is 0 Å². The predicted molar refractivity (Wildman–Crippen MR) is 69.9 cm³/mol. The molecule has 1 rings (SSSR count). The van der Waals surface area contributed by atoms with Crippen LogP contribution in [-0.4, -0.2) is 0 Å². The zero-order valence-corrected chi connectivity index (χ0v) is 11.0. The fourth-order valence-electron chi connectivity index (χ4n) is 2.04. The molecule has 0 radical (unpaired) electrons. The summed E-state index contributed by atoms with van der Waals surface area (Å²) in [6, 6.07) is 5.13. The number of rotatable bonds is 6. The highest BCUT2D eigenvalue weighted by Gasteiger charge is 2.11. The molecule has 17 heavy (non-hydrogen) atoms. The normalized spacial score (nSPS) is 13.1. The average Bonchev–Trinajstić information content (AvgIpc) is 2.22. The molecule has 0 aliphatic heterocycles. The first-order valence-corrected chi connectivity index (χ1v) is 6.26. The Kier molecular flexibility index (Phi) is 5.59. The third-order valence-corrected chi connectivity index (χ3v) is 2.94. The van der Waals surface area contributed by atoms with Gasteiger partial charge in [-0.15, -0.1) is 0 Å². The minimum Gasteiger partial charge on any atom is -0.271 e. The molecule has 0 saturated heterocycles. The lowest BCUT2D eigenvalue weighted by atomic mass is 9.97. The lowest BCUT2D eigenvalue weighted by Gasteiger charge is -2.17. The SMILES string of the molecule is Cc1cc(F)cc(C(CCCC(C)C)NN)c1. The van der Waals surface area contributed by atoms with Crippen LogP contribution >= 0.6 is 0 Å². The van der Waals surface area contributed by atoms with E-state index < -0.39 is 0 Å². The molecule has 0 fully saturated rings. The Morgan fingerprint density at radius 1 is 1.24 bits per heavy atom. The molecular formula is C14H23FN2. The lowest BCUT2D eigenvalue weighted by molar-refractivity contribution is 0.453. The van der Waals surface area contributed by atoms with Crippen LogP contribution in [0.5, 0.6) is 0 Å². The van der Waals surface area contributed by atoms with Crippen molar-refractivity contribution < 1.29 is 4.39 Å². The van der Waals surface area contributed by atoms with Crippen LogP contribution in [0, 0.1) is 18.7 Å². The molecule has 0 amide bonds. The Morgan fingerprint density at radius 2 is 1.94 bits per heavy atom. The third kappa shape index (κ3) is 4.84. The summed E-state index contributed by atoms with van der Waals surface area (Å²) in [7, 11) is 0. The van der Waals surface area contributed by atoms with Crippen LogP contribution in [-0.2, 0) is 0 Å². The van der Waals surface area contributed by atoms with Crippen molar-refractivity contribution in [3.63, 3.8) is 0 Å². The van der Waals surface area contributed by atoms with Gasteiger partial charge in [-0.05, 0) is 42.5 Å². The Labute approximate surface area is 103 Å². The summed E-state index contributed by atoms with van der Waals surface area (Å²) < 4.78 is 13.3. The molecule has 0 aliphatic rings. The molecule has 0 heterocycles. The van der Waals surface area contributed by atoms with Crippen molar-refractivity contribution in [2.45, 2.75) is 46.1 Å². The summed E-state index contributed by atoms with van der Waals surface area (Å²) >= 11 is 0. The fraction of sp³-hybridized carbons (Fsp3) is 0.571. The molecular weight excluding hydrogens is 215 g/mol. The maximum Gasteiger partial charge on any atom is 0.123 e. The second-order valence-corrected chi connectivity index (χ2v) is 5.11. The predicted octanol–water partition coefficient (Wildman–Crippen LogP) is 3.46. The van der Waals surface area contributed by atoms with E-state index in [0.29, 0.717) is 5.92 Å². The first-order chi connectivity index (χ1) is 8.02. The molecule has 1 aromatic carbocycles. The van der Waals surface area contributed by atoms with Gasteiger partial charge in [0, 0.05) is 6.04 Å². The first kappa shape index (κ1) is 14.1. The summed E-state index contributed by atoms with van der Waals surface area (Å²) in [4.78, 5) is 0. The molecule has 2 nitrogen and oxygen atoms in total. The van der Waals surface area contributed by atoms with E-state index in [4.69, 9.17) is 5.84 Å². The number of hydrogen-bond acceptors (Lipinski definition) is 2. The smallest absolute Gasteiger partial charge is 0.123 e. The maximum absolute atomic E-state index is 13.3. The molecule has 0 aromatic heterocycles. The van der Waals surface area contributed by atoms with Crippen LogP contribution in [0.3, 0.4) is 0 Å². The van der Waals surface area contributed by atoms with E-state index in [2.05, 4.69) is 19.3 Å². The molecule has 96 valence electrons. The quantitative estimate of drug-likeness (QED) is 0.588. The Hall–Kier alpha value is -0.930. The van der Waals surface area contributed by atoms with Gasteiger partial charge in [-0.3, -0.25) is 11.3 Å². The molecule has 1 unspecified atom stereocenters. The van der Waals surface area contributed by atoms with E-state index in [1.807, 2.05) is 13.0 Å². The van der Waals surface area contributed by atoms with E-state index in [9.17, 15) is 4.39 Å². The van der Waals surface area contributed by atoms with Crippen LogP contribution in [0.4, 0.5) is 4.39 Å². The molecule has 0 aliphatic carbocycles. The molecule has 0 bridgehead atoms. The maximum atomic E-state index is 13.3. The van der Waals surface area contributed by atoms with Crippen molar-refractivity contribution in [3.8, 4) is 0 Å². The van der Waals surface area contributed by atoms with Gasteiger partial charge in [0.1, 0.15) is 5.82 Å². The topological polar surface area (TPSA) is 38.0 Å². The second kappa shape index (κ2) is 6.72. The molecule has 3 N–H and O–H groups in total. The van der Waals surface area contributed by atoms with E-state index >= 15 is 0 Å². The van der Waals surface area contributed by atoms with Gasteiger partial charge in [-0.1, -0.05) is 32.8 Å². The highest BCUT2D eigenvalue weighted by atomic mass is 19.1. The van der Waals surface area contributed by atoms with E-state index in [1.54, 1.807) is 6.07 Å². The number of aryl methyl sites for hydroxylation is 1. The number of hydrogen-bond donors (Lipinski definition) is 2. The van der Waals surface area contributed by atoms with Crippen LogP contribution in [0.15, 0.2) is 18.2 Å². The van der Waals surface area contributed by atoms with Crippen molar-refractivity contribution >= 4 is 0 Å². The molecule has 0 saturated carbocycles. The number of benzene rings is 1. The van der Waals surface area contributed by atoms with Crippen LogP contribution in [0.2, 0.25) is 0 Å². The van der Waals surface area contributed by atoms with Gasteiger partial charge < -0.3 is 0 Å². The number of halogens is 1. The van der Waals surface area contributed by atoms with Crippen molar-refractivity contribution in [2.24, 2.45) is 11.8 Å². The summed E-state index contributed by atoms with van der Waals surface area (Å²) in [5, 5.41) is 0.